The number of nitrogens with one attached hydrogen (secondary N) is 3. The molecule has 26 heteroatoms. The molecule has 0 saturated carbocycles. The summed E-state index contributed by atoms with van der Waals surface area (Å²) in [4.78, 5) is 50.2. The maximum Gasteiger partial charge on any atom is 0.304 e. The molecule has 12 rings (SSSR count). The monoisotopic (exact) mass is 1460 g/mol. The third kappa shape index (κ3) is 23.1. The fourth-order valence-corrected chi connectivity index (χ4v) is 12.0. The van der Waals surface area contributed by atoms with Crippen LogP contribution in [-0.2, 0) is 18.9 Å². The number of nitro groups is 3. The molecule has 4 aliphatic heterocycles. The number of ketones is 1. The topological polar surface area (TPSA) is 284 Å². The van der Waals surface area contributed by atoms with Gasteiger partial charge in [-0.15, -0.1) is 0 Å². The number of hydrogen-bond donors (Lipinski definition) is 5. The van der Waals surface area contributed by atoms with Gasteiger partial charge in [-0.05, 0) is 149 Å². The first-order valence-electron chi connectivity index (χ1n) is 33.6. The zero-order chi connectivity index (χ0) is 73.4. The second kappa shape index (κ2) is 38.6. The number of alkyl halides is 1. The number of nitrogens with two attached hydrogens (primary N) is 2. The molecule has 0 amide bonds. The molecule has 542 valence electrons. The molecule has 4 fully saturated rings. The molecule has 4 heterocycles. The van der Waals surface area contributed by atoms with Gasteiger partial charge in [-0.2, -0.15) is 8.78 Å². The maximum absolute atomic E-state index is 13.4. The molecule has 4 unspecified atom stereocenters. The average molecular weight is 1470 g/mol. The number of benzene rings is 8. The molecule has 0 radical (unpaired) electrons. The lowest BCUT2D eigenvalue weighted by Gasteiger charge is -2.30. The van der Waals surface area contributed by atoms with Gasteiger partial charge in [0, 0.05) is 94.2 Å². The Hall–Kier alpha value is -9.35. The Balaban J connectivity index is 0.000000164. The van der Waals surface area contributed by atoms with Crippen LogP contribution in [0.4, 0.5) is 54.3 Å². The van der Waals surface area contributed by atoms with Crippen LogP contribution < -0.4 is 27.4 Å². The molecule has 0 aromatic heterocycles. The first-order valence-corrected chi connectivity index (χ1v) is 34.8. The van der Waals surface area contributed by atoms with Gasteiger partial charge < -0.3 is 66.0 Å². The zero-order valence-electron chi connectivity index (χ0n) is 58.5. The third-order valence-corrected chi connectivity index (χ3v) is 18.2. The van der Waals surface area contributed by atoms with Gasteiger partial charge in [0.1, 0.15) is 5.69 Å². The van der Waals surface area contributed by atoms with Crippen molar-refractivity contribution in [3.05, 3.63) is 268 Å². The van der Waals surface area contributed by atoms with Crippen LogP contribution in [0.15, 0.2) is 182 Å². The van der Waals surface area contributed by atoms with Gasteiger partial charge in [0.2, 0.25) is 11.6 Å². The quantitative estimate of drug-likeness (QED) is 0.0175. The summed E-state index contributed by atoms with van der Waals surface area (Å²) in [6.45, 7) is 16.1. The molecule has 4 aliphatic rings. The number of hydrogen-bond acceptors (Lipinski definition) is 20. The highest BCUT2D eigenvalue weighted by molar-refractivity contribution is 9.09. The highest BCUT2D eigenvalue weighted by Crippen LogP contribution is 2.36. The summed E-state index contributed by atoms with van der Waals surface area (Å²) in [5.41, 5.74) is 22.9. The molecule has 8 aromatic carbocycles. The predicted octanol–water partition coefficient (Wildman–Crippen LogP) is 14.7. The Morgan fingerprint density at radius 1 is 0.451 bits per heavy atom. The lowest BCUT2D eigenvalue weighted by molar-refractivity contribution is -0.387. The van der Waals surface area contributed by atoms with Gasteiger partial charge in [0.05, 0.1) is 93.7 Å². The molecule has 4 saturated heterocycles. The minimum absolute atomic E-state index is 0.0369. The van der Waals surface area contributed by atoms with Crippen molar-refractivity contribution in [2.75, 3.05) is 140 Å². The van der Waals surface area contributed by atoms with Crippen LogP contribution in [0.5, 0.6) is 0 Å². The van der Waals surface area contributed by atoms with Crippen molar-refractivity contribution in [1.82, 2.24) is 19.6 Å². The summed E-state index contributed by atoms with van der Waals surface area (Å²) in [7, 11) is 8.27. The van der Waals surface area contributed by atoms with Crippen molar-refractivity contribution >= 4 is 67.2 Å². The largest absolute Gasteiger partial charge is 0.397 e. The van der Waals surface area contributed by atoms with Crippen molar-refractivity contribution in [3.63, 3.8) is 0 Å². The molecule has 0 spiro atoms. The smallest absolute Gasteiger partial charge is 0.304 e. The second-order valence-corrected chi connectivity index (χ2v) is 26.1. The van der Waals surface area contributed by atoms with Crippen LogP contribution in [-0.4, -0.2) is 152 Å². The molecular formula is C76H91BrF2N12O11. The normalized spacial score (nSPS) is 18.8. The SMILES string of the molecule is CN1CCOC(c2ccc([N+](=O)[O-])c(F)c2)C1.C[C@H](Nc1cc(C2CN(C)CCO2)ccc1N)c1ccccc1.C[C@H](Nc1cc(C2CN(C)CCO2)ccc1N)c1ccccc1.C[C@H](Nc1cc(C2CN(C)CCO2)ccc1[N+](=O)[O-])c1ccccc1.O=C(CBr)c1ccc([N+](=O)[O-])c(F)c1. The number of ether oxygens (including phenoxy) is 4. The van der Waals surface area contributed by atoms with E-state index in [1.165, 1.54) is 40.5 Å². The lowest BCUT2D eigenvalue weighted by atomic mass is 10.0. The Bertz CT molecular complexity index is 3930. The number of morpholine rings is 4. The number of Topliss-reactive ketones (excluding diaryl/α,β-unsaturated/α-hetero) is 1. The average Bonchev–Trinajstić information content (AvgIpc) is 0.841. The van der Waals surface area contributed by atoms with E-state index in [0.29, 0.717) is 31.0 Å². The van der Waals surface area contributed by atoms with Crippen molar-refractivity contribution in [3.8, 4) is 0 Å². The Morgan fingerprint density at radius 2 is 0.745 bits per heavy atom. The van der Waals surface area contributed by atoms with Gasteiger partial charge >= 0.3 is 11.4 Å². The van der Waals surface area contributed by atoms with Crippen LogP contribution >= 0.6 is 15.9 Å². The predicted molar refractivity (Wildman–Crippen MR) is 399 cm³/mol. The fourth-order valence-electron chi connectivity index (χ4n) is 11.7. The first-order chi connectivity index (χ1) is 48.9. The van der Waals surface area contributed by atoms with E-state index < -0.39 is 32.9 Å². The molecule has 0 aliphatic carbocycles. The molecule has 7 atom stereocenters. The van der Waals surface area contributed by atoms with Crippen molar-refractivity contribution < 1.29 is 47.3 Å². The van der Waals surface area contributed by atoms with Crippen LogP contribution in [0.2, 0.25) is 0 Å². The maximum atomic E-state index is 13.4. The minimum atomic E-state index is -0.998. The van der Waals surface area contributed by atoms with Gasteiger partial charge in [0.15, 0.2) is 5.78 Å². The van der Waals surface area contributed by atoms with Gasteiger partial charge in [-0.25, -0.2) is 0 Å². The van der Waals surface area contributed by atoms with E-state index in [-0.39, 0.29) is 69.8 Å². The van der Waals surface area contributed by atoms with Crippen molar-refractivity contribution in [2.24, 2.45) is 0 Å². The summed E-state index contributed by atoms with van der Waals surface area (Å²) in [6, 6.07) is 55.5. The molecule has 8 aromatic rings. The van der Waals surface area contributed by atoms with E-state index in [9.17, 15) is 43.9 Å². The number of nitrogens with zero attached hydrogens (tertiary/aromatic N) is 7. The number of anilines is 5. The summed E-state index contributed by atoms with van der Waals surface area (Å²) < 4.78 is 49.6. The Labute approximate surface area is 602 Å². The number of likely N-dealkylation sites (N-methyl/N-ethyl adjacent to an activating group) is 4. The second-order valence-electron chi connectivity index (χ2n) is 25.5. The summed E-state index contributed by atoms with van der Waals surface area (Å²) in [6.07, 6.45) is -0.0555. The summed E-state index contributed by atoms with van der Waals surface area (Å²) in [5, 5.41) is 42.5. The number of carbonyl (C=O) groups is 1. The Morgan fingerprint density at radius 3 is 1.06 bits per heavy atom. The molecule has 23 nitrogen and oxygen atoms in total. The van der Waals surface area contributed by atoms with Crippen LogP contribution in [0.25, 0.3) is 0 Å². The fraction of sp³-hybridized carbons (Fsp3) is 0.355. The van der Waals surface area contributed by atoms with E-state index in [1.54, 1.807) is 18.2 Å². The Kier molecular flexibility index (Phi) is 29.7. The van der Waals surface area contributed by atoms with Gasteiger partial charge in [-0.3, -0.25) is 35.1 Å². The highest BCUT2D eigenvalue weighted by atomic mass is 79.9. The van der Waals surface area contributed by atoms with E-state index >= 15 is 0 Å². The van der Waals surface area contributed by atoms with E-state index in [1.807, 2.05) is 74.6 Å². The molecule has 7 N–H and O–H groups in total. The van der Waals surface area contributed by atoms with Crippen LogP contribution in [0.1, 0.15) is 113 Å². The number of nitrogen functional groups attached to an aromatic ring is 2. The van der Waals surface area contributed by atoms with E-state index in [2.05, 4.69) is 159 Å². The zero-order valence-corrected chi connectivity index (χ0v) is 60.1. The van der Waals surface area contributed by atoms with Crippen molar-refractivity contribution in [1.29, 1.82) is 0 Å². The van der Waals surface area contributed by atoms with Gasteiger partial charge in [0.25, 0.3) is 5.69 Å². The number of halogens is 3. The van der Waals surface area contributed by atoms with E-state index in [0.717, 1.165) is 105 Å². The third-order valence-electron chi connectivity index (χ3n) is 17.7. The van der Waals surface area contributed by atoms with Crippen molar-refractivity contribution in [2.45, 2.75) is 63.3 Å². The number of carbonyl (C=O) groups excluding carboxylic acids is 1. The first kappa shape index (κ1) is 78.4. The number of nitro benzene ring substituents is 3. The van der Waals surface area contributed by atoms with Gasteiger partial charge in [-0.1, -0.05) is 119 Å². The number of rotatable bonds is 18. The minimum Gasteiger partial charge on any atom is -0.397 e. The van der Waals surface area contributed by atoms with Crippen LogP contribution in [0.3, 0.4) is 0 Å². The lowest BCUT2D eigenvalue weighted by Crippen LogP contribution is -2.35. The molecular weight excluding hydrogens is 1370 g/mol. The molecule has 102 heavy (non-hydrogen) atoms. The standard InChI is InChI=1S/C19H23N3O3.2C19H25N3O.C11H13FN2O3.C8H5BrFNO3/c1-14(15-6-4-3-5-7-15)20-17-12-16(8-9-18(17)22(23)24)19-13-21(2)10-11-25-19;2*1-14(15-6-4-3-5-7-15)21-18-12-16(8-9-17(18)20)19-13-22(2)10-11-23-19;1-13-4-5-17-11(7-13)8-2-3-10(14(15)16)9(12)6-8;9-4-8(12)5-1-2-7(11(13)14)6(10)3-5/h3-9,12,14,19-20H,10-11,13H2,1-2H3;2*3-9,12,14,19,21H,10-11,13,20H2,1-2H3;2-3,6,11H,4-5,7H2,1H3;1-3H,4H2/t3*14-,19?;;/m000../s1. The summed E-state index contributed by atoms with van der Waals surface area (Å²) in [5.74, 6) is -2.13. The highest BCUT2D eigenvalue weighted by Gasteiger charge is 2.27. The van der Waals surface area contributed by atoms with E-state index in [4.69, 9.17) is 30.4 Å². The molecule has 0 bridgehead atoms. The summed E-state index contributed by atoms with van der Waals surface area (Å²) >= 11 is 2.92. The van der Waals surface area contributed by atoms with Crippen LogP contribution in [0, 0.1) is 42.0 Å².